The molecule has 1 heterocycles. The average Bonchev–Trinajstić information content (AvgIpc) is 2.99. The van der Waals surface area contributed by atoms with E-state index in [1.54, 1.807) is 10.8 Å². The molecule has 2 N–H and O–H groups in total. The molecule has 23 heavy (non-hydrogen) atoms. The number of nitrogens with zero attached hydrogens (tertiary/aromatic N) is 2. The van der Waals surface area contributed by atoms with Crippen molar-refractivity contribution < 1.29 is 4.79 Å². The number of rotatable bonds is 4. The molecule has 4 heteroatoms. The van der Waals surface area contributed by atoms with Gasteiger partial charge >= 0.3 is 0 Å². The number of hydrogen-bond acceptors (Lipinski definition) is 2. The molecule has 114 valence electrons. The van der Waals surface area contributed by atoms with Crippen molar-refractivity contribution in [3.05, 3.63) is 78.0 Å². The molecule has 0 atom stereocenters. The third-order valence-electron chi connectivity index (χ3n) is 3.52. The minimum atomic E-state index is -0.479. The van der Waals surface area contributed by atoms with Crippen molar-refractivity contribution in [3.8, 4) is 16.9 Å². The second-order valence-electron chi connectivity index (χ2n) is 5.31. The number of benzene rings is 2. The van der Waals surface area contributed by atoms with E-state index in [-0.39, 0.29) is 0 Å². The first kappa shape index (κ1) is 14.8. The van der Waals surface area contributed by atoms with Gasteiger partial charge in [-0.2, -0.15) is 5.10 Å². The third kappa shape index (κ3) is 3.37. The quantitative estimate of drug-likeness (QED) is 0.751. The van der Waals surface area contributed by atoms with Gasteiger partial charge in [0, 0.05) is 23.4 Å². The lowest BCUT2D eigenvalue weighted by Gasteiger charge is -2.01. The fourth-order valence-electron chi connectivity index (χ4n) is 2.33. The molecule has 0 fully saturated rings. The number of carbonyl (C=O) groups excluding carboxylic acids is 1. The molecule has 0 radical (unpaired) electrons. The smallest absolute Gasteiger partial charge is 0.241 e. The number of aromatic nitrogens is 2. The van der Waals surface area contributed by atoms with Crippen LogP contribution >= 0.6 is 0 Å². The molecule has 3 rings (SSSR count). The van der Waals surface area contributed by atoms with Crippen molar-refractivity contribution >= 4 is 12.0 Å². The molecule has 0 aliphatic heterocycles. The van der Waals surface area contributed by atoms with E-state index in [1.165, 1.54) is 11.6 Å². The fraction of sp³-hybridized carbons (Fsp3) is 0.0526. The van der Waals surface area contributed by atoms with E-state index < -0.39 is 5.91 Å². The van der Waals surface area contributed by atoms with Crippen LogP contribution in [0.5, 0.6) is 0 Å². The van der Waals surface area contributed by atoms with Crippen LogP contribution in [0, 0.1) is 6.92 Å². The summed E-state index contributed by atoms with van der Waals surface area (Å²) >= 11 is 0. The Morgan fingerprint density at radius 1 is 1.09 bits per heavy atom. The van der Waals surface area contributed by atoms with Crippen LogP contribution in [0.15, 0.2) is 66.9 Å². The third-order valence-corrected chi connectivity index (χ3v) is 3.52. The van der Waals surface area contributed by atoms with Gasteiger partial charge in [0.25, 0.3) is 0 Å². The Morgan fingerprint density at radius 2 is 1.78 bits per heavy atom. The minimum absolute atomic E-state index is 0.479. The highest BCUT2D eigenvalue weighted by Crippen LogP contribution is 2.25. The molecule has 4 nitrogen and oxygen atoms in total. The van der Waals surface area contributed by atoms with Gasteiger partial charge < -0.3 is 5.73 Å². The van der Waals surface area contributed by atoms with Crippen molar-refractivity contribution in [2.75, 3.05) is 0 Å². The topological polar surface area (TPSA) is 60.9 Å². The maximum absolute atomic E-state index is 11.1. The van der Waals surface area contributed by atoms with E-state index in [2.05, 4.69) is 5.10 Å². The predicted octanol–water partition coefficient (Wildman–Crippen LogP) is 3.35. The summed E-state index contributed by atoms with van der Waals surface area (Å²) in [6.07, 6.45) is 4.94. The molecule has 3 aromatic rings. The first-order chi connectivity index (χ1) is 11.1. The monoisotopic (exact) mass is 303 g/mol. The van der Waals surface area contributed by atoms with Crippen molar-refractivity contribution in [1.82, 2.24) is 9.78 Å². The van der Waals surface area contributed by atoms with Gasteiger partial charge in [-0.1, -0.05) is 48.0 Å². The summed E-state index contributed by atoms with van der Waals surface area (Å²) in [5.74, 6) is -0.479. The molecular formula is C19H17N3O. The maximum Gasteiger partial charge on any atom is 0.241 e. The van der Waals surface area contributed by atoms with E-state index in [4.69, 9.17) is 5.73 Å². The Balaban J connectivity index is 2.10. The average molecular weight is 303 g/mol. The number of amides is 1. The number of aryl methyl sites for hydroxylation is 1. The van der Waals surface area contributed by atoms with Crippen molar-refractivity contribution in [2.24, 2.45) is 5.73 Å². The van der Waals surface area contributed by atoms with Gasteiger partial charge in [0.2, 0.25) is 5.91 Å². The zero-order valence-electron chi connectivity index (χ0n) is 12.8. The summed E-state index contributed by atoms with van der Waals surface area (Å²) < 4.78 is 1.80. The van der Waals surface area contributed by atoms with Gasteiger partial charge in [0.1, 0.15) is 0 Å². The molecule has 0 saturated carbocycles. The molecule has 1 aromatic heterocycles. The molecule has 0 spiro atoms. The van der Waals surface area contributed by atoms with Crippen LogP contribution < -0.4 is 5.73 Å². The van der Waals surface area contributed by atoms with Gasteiger partial charge in [-0.05, 0) is 25.1 Å². The predicted molar refractivity (Wildman–Crippen MR) is 92.0 cm³/mol. The lowest BCUT2D eigenvalue weighted by molar-refractivity contribution is -0.113. The van der Waals surface area contributed by atoms with Gasteiger partial charge in [-0.3, -0.25) is 4.79 Å². The van der Waals surface area contributed by atoms with Gasteiger partial charge in [0.05, 0.1) is 11.4 Å². The fourth-order valence-corrected chi connectivity index (χ4v) is 2.33. The highest BCUT2D eigenvalue weighted by atomic mass is 16.1. The van der Waals surface area contributed by atoms with Crippen LogP contribution in [0.25, 0.3) is 23.0 Å². The summed E-state index contributed by atoms with van der Waals surface area (Å²) in [6.45, 7) is 2.04. The largest absolute Gasteiger partial charge is 0.366 e. The normalized spacial score (nSPS) is 11.0. The number of hydrogen-bond donors (Lipinski definition) is 1. The Hall–Kier alpha value is -3.14. The highest BCUT2D eigenvalue weighted by Gasteiger charge is 2.10. The lowest BCUT2D eigenvalue weighted by atomic mass is 10.1. The van der Waals surface area contributed by atoms with Gasteiger partial charge in [-0.15, -0.1) is 0 Å². The first-order valence-electron chi connectivity index (χ1n) is 7.33. The second-order valence-corrected chi connectivity index (χ2v) is 5.31. The van der Waals surface area contributed by atoms with Crippen LogP contribution in [0.1, 0.15) is 11.1 Å². The SMILES string of the molecule is Cc1ccc(-c2nn(-c3ccccc3)cc2/C=C\C(N)=O)cc1. The van der Waals surface area contributed by atoms with E-state index in [0.717, 1.165) is 22.5 Å². The zero-order chi connectivity index (χ0) is 16.2. The van der Waals surface area contributed by atoms with Crippen molar-refractivity contribution in [1.29, 1.82) is 0 Å². The van der Waals surface area contributed by atoms with Gasteiger partial charge in [-0.25, -0.2) is 4.68 Å². The summed E-state index contributed by atoms with van der Waals surface area (Å²) in [6, 6.07) is 18.0. The second kappa shape index (κ2) is 6.32. The van der Waals surface area contributed by atoms with Crippen molar-refractivity contribution in [2.45, 2.75) is 6.92 Å². The number of nitrogens with two attached hydrogens (primary N) is 1. The molecule has 0 unspecified atom stereocenters. The Labute approximate surface area is 134 Å². The lowest BCUT2D eigenvalue weighted by Crippen LogP contribution is -2.05. The Bertz CT molecular complexity index is 846. The first-order valence-corrected chi connectivity index (χ1v) is 7.33. The standard InChI is InChI=1S/C19H17N3O/c1-14-7-9-15(10-8-14)19-16(11-12-18(20)23)13-22(21-19)17-5-3-2-4-6-17/h2-13H,1H3,(H2,20,23)/b12-11-. The molecule has 0 saturated heterocycles. The van der Waals surface area contributed by atoms with E-state index in [0.29, 0.717) is 0 Å². The van der Waals surface area contributed by atoms with Gasteiger partial charge in [0.15, 0.2) is 0 Å². The summed E-state index contributed by atoms with van der Waals surface area (Å²) in [7, 11) is 0. The van der Waals surface area contributed by atoms with E-state index in [9.17, 15) is 4.79 Å². The van der Waals surface area contributed by atoms with Crippen LogP contribution in [0.4, 0.5) is 0 Å². The number of para-hydroxylation sites is 1. The molecule has 0 aliphatic carbocycles. The Kier molecular flexibility index (Phi) is 4.06. The molecule has 0 aliphatic rings. The molecular weight excluding hydrogens is 286 g/mol. The summed E-state index contributed by atoms with van der Waals surface area (Å²) in [5, 5.41) is 4.67. The van der Waals surface area contributed by atoms with Crippen LogP contribution in [-0.4, -0.2) is 15.7 Å². The summed E-state index contributed by atoms with van der Waals surface area (Å²) in [5.41, 5.74) is 10.0. The van der Waals surface area contributed by atoms with Crippen LogP contribution in [0.3, 0.4) is 0 Å². The number of primary amides is 1. The summed E-state index contributed by atoms with van der Waals surface area (Å²) in [4.78, 5) is 11.1. The minimum Gasteiger partial charge on any atom is -0.366 e. The molecule has 1 amide bonds. The van der Waals surface area contributed by atoms with Crippen molar-refractivity contribution in [3.63, 3.8) is 0 Å². The Morgan fingerprint density at radius 3 is 2.43 bits per heavy atom. The zero-order valence-corrected chi connectivity index (χ0v) is 12.8. The van der Waals surface area contributed by atoms with E-state index >= 15 is 0 Å². The molecule has 0 bridgehead atoms. The van der Waals surface area contributed by atoms with Crippen LogP contribution in [-0.2, 0) is 4.79 Å². The highest BCUT2D eigenvalue weighted by molar-refractivity contribution is 5.91. The van der Waals surface area contributed by atoms with E-state index in [1.807, 2.05) is 67.7 Å². The maximum atomic E-state index is 11.1. The number of carbonyl (C=O) groups is 1. The molecule has 2 aromatic carbocycles. The van der Waals surface area contributed by atoms with Crippen LogP contribution in [0.2, 0.25) is 0 Å².